The SMILES string of the molecule is CC(NC(=O)C1CCCN1C(=O)C(CCC(=O)O)NC(=O)C(N)CS)C(=O)O. The maximum absolute atomic E-state index is 12.9. The van der Waals surface area contributed by atoms with Crippen LogP contribution in [0.4, 0.5) is 0 Å². The summed E-state index contributed by atoms with van der Waals surface area (Å²) >= 11 is 3.91. The highest BCUT2D eigenvalue weighted by molar-refractivity contribution is 7.80. The lowest BCUT2D eigenvalue weighted by Gasteiger charge is -2.29. The molecule has 0 aromatic rings. The minimum Gasteiger partial charge on any atom is -0.481 e. The molecular formula is C16H26N4O7S. The van der Waals surface area contributed by atoms with E-state index in [1.165, 1.54) is 11.8 Å². The molecule has 158 valence electrons. The molecule has 0 aromatic carbocycles. The van der Waals surface area contributed by atoms with Crippen LogP contribution in [0, 0.1) is 0 Å². The average Bonchev–Trinajstić information content (AvgIpc) is 3.13. The number of rotatable bonds is 10. The van der Waals surface area contributed by atoms with Crippen molar-refractivity contribution in [3.05, 3.63) is 0 Å². The van der Waals surface area contributed by atoms with Gasteiger partial charge in [0, 0.05) is 18.7 Å². The summed E-state index contributed by atoms with van der Waals surface area (Å²) in [6, 6.07) is -4.16. The van der Waals surface area contributed by atoms with Crippen molar-refractivity contribution in [1.29, 1.82) is 0 Å². The zero-order chi connectivity index (χ0) is 21.4. The summed E-state index contributed by atoms with van der Waals surface area (Å²) in [4.78, 5) is 60.3. The largest absolute Gasteiger partial charge is 0.481 e. The highest BCUT2D eigenvalue weighted by atomic mass is 32.1. The first-order chi connectivity index (χ1) is 13.1. The van der Waals surface area contributed by atoms with E-state index in [-0.39, 0.29) is 25.1 Å². The van der Waals surface area contributed by atoms with Gasteiger partial charge < -0.3 is 31.5 Å². The van der Waals surface area contributed by atoms with Gasteiger partial charge in [0.2, 0.25) is 17.7 Å². The summed E-state index contributed by atoms with van der Waals surface area (Å²) in [5.74, 6) is -4.20. The van der Waals surface area contributed by atoms with Crippen LogP contribution in [-0.2, 0) is 24.0 Å². The number of carboxylic acid groups (broad SMARTS) is 2. The van der Waals surface area contributed by atoms with Crippen LogP contribution in [0.5, 0.6) is 0 Å². The lowest BCUT2D eigenvalue weighted by molar-refractivity contribution is -0.144. The van der Waals surface area contributed by atoms with E-state index in [1.54, 1.807) is 0 Å². The first-order valence-electron chi connectivity index (χ1n) is 8.80. The maximum Gasteiger partial charge on any atom is 0.325 e. The average molecular weight is 418 g/mol. The first kappa shape index (κ1) is 23.7. The summed E-state index contributed by atoms with van der Waals surface area (Å²) in [6.45, 7) is 1.53. The second kappa shape index (κ2) is 10.9. The van der Waals surface area contributed by atoms with Crippen LogP contribution in [0.25, 0.3) is 0 Å². The Morgan fingerprint density at radius 3 is 2.39 bits per heavy atom. The molecule has 28 heavy (non-hydrogen) atoms. The van der Waals surface area contributed by atoms with Crippen molar-refractivity contribution in [2.75, 3.05) is 12.3 Å². The maximum atomic E-state index is 12.9. The molecule has 1 saturated heterocycles. The third-order valence-corrected chi connectivity index (χ3v) is 4.76. The normalized spacial score (nSPS) is 19.4. The highest BCUT2D eigenvalue weighted by Crippen LogP contribution is 2.20. The van der Waals surface area contributed by atoms with Crippen molar-refractivity contribution in [2.24, 2.45) is 5.73 Å². The number of carbonyl (C=O) groups is 5. The van der Waals surface area contributed by atoms with E-state index in [1.807, 2.05) is 0 Å². The standard InChI is InChI=1S/C16H26N4O7S/c1-8(16(26)27)18-14(24)11-3-2-6-20(11)15(25)10(4-5-12(21)22)19-13(23)9(17)7-28/h8-11,28H,2-7,17H2,1H3,(H,18,24)(H,19,23)(H,21,22)(H,26,27). The van der Waals surface area contributed by atoms with Crippen LogP contribution in [-0.4, -0.2) is 81.2 Å². The molecule has 1 aliphatic rings. The van der Waals surface area contributed by atoms with Crippen molar-refractivity contribution < 1.29 is 34.2 Å². The fourth-order valence-corrected chi connectivity index (χ4v) is 2.93. The molecular weight excluding hydrogens is 392 g/mol. The van der Waals surface area contributed by atoms with E-state index in [4.69, 9.17) is 15.9 Å². The Labute approximate surface area is 167 Å². The van der Waals surface area contributed by atoms with E-state index in [2.05, 4.69) is 23.3 Å². The van der Waals surface area contributed by atoms with Gasteiger partial charge in [0.05, 0.1) is 6.04 Å². The highest BCUT2D eigenvalue weighted by Gasteiger charge is 2.38. The second-order valence-electron chi connectivity index (χ2n) is 6.54. The molecule has 4 unspecified atom stereocenters. The number of nitrogens with zero attached hydrogens (tertiary/aromatic N) is 1. The molecule has 3 amide bonds. The molecule has 0 radical (unpaired) electrons. The molecule has 0 spiro atoms. The molecule has 4 atom stereocenters. The molecule has 1 rings (SSSR count). The number of hydrogen-bond acceptors (Lipinski definition) is 7. The zero-order valence-electron chi connectivity index (χ0n) is 15.5. The Kier molecular flexibility index (Phi) is 9.19. The van der Waals surface area contributed by atoms with Crippen LogP contribution in [0.15, 0.2) is 0 Å². The molecule has 6 N–H and O–H groups in total. The second-order valence-corrected chi connectivity index (χ2v) is 6.91. The van der Waals surface area contributed by atoms with Crippen molar-refractivity contribution in [3.63, 3.8) is 0 Å². The van der Waals surface area contributed by atoms with Crippen molar-refractivity contribution >= 4 is 42.3 Å². The Bertz CT molecular complexity index is 630. The van der Waals surface area contributed by atoms with E-state index in [0.29, 0.717) is 12.8 Å². The summed E-state index contributed by atoms with van der Waals surface area (Å²) in [7, 11) is 0. The molecule has 1 heterocycles. The summed E-state index contributed by atoms with van der Waals surface area (Å²) in [5.41, 5.74) is 5.58. The number of nitrogens with one attached hydrogen (secondary N) is 2. The van der Waals surface area contributed by atoms with Gasteiger partial charge in [0.25, 0.3) is 0 Å². The lowest BCUT2D eigenvalue weighted by atomic mass is 10.1. The number of carbonyl (C=O) groups excluding carboxylic acids is 3. The van der Waals surface area contributed by atoms with Crippen molar-refractivity contribution in [3.8, 4) is 0 Å². The van der Waals surface area contributed by atoms with Crippen molar-refractivity contribution in [2.45, 2.75) is 56.8 Å². The Balaban J connectivity index is 2.91. The number of likely N-dealkylation sites (tertiary alicyclic amines) is 1. The van der Waals surface area contributed by atoms with Crippen LogP contribution in [0.1, 0.15) is 32.6 Å². The van der Waals surface area contributed by atoms with Crippen LogP contribution in [0.3, 0.4) is 0 Å². The lowest BCUT2D eigenvalue weighted by Crippen LogP contribution is -2.56. The summed E-state index contributed by atoms with van der Waals surface area (Å²) in [6.07, 6.45) is 0.309. The van der Waals surface area contributed by atoms with Gasteiger partial charge in [-0.1, -0.05) is 0 Å². The van der Waals surface area contributed by atoms with Gasteiger partial charge in [-0.15, -0.1) is 0 Å². The van der Waals surface area contributed by atoms with E-state index in [0.717, 1.165) is 0 Å². The van der Waals surface area contributed by atoms with Gasteiger partial charge in [-0.25, -0.2) is 0 Å². The van der Waals surface area contributed by atoms with Gasteiger partial charge in [-0.05, 0) is 26.2 Å². The molecule has 11 nitrogen and oxygen atoms in total. The third kappa shape index (κ3) is 6.68. The van der Waals surface area contributed by atoms with Crippen LogP contribution >= 0.6 is 12.6 Å². The van der Waals surface area contributed by atoms with E-state index in [9.17, 15) is 24.0 Å². The monoisotopic (exact) mass is 418 g/mol. The Hall–Kier alpha value is -2.34. The molecule has 0 aromatic heterocycles. The quantitative estimate of drug-likeness (QED) is 0.224. The minimum atomic E-state index is -1.21. The number of carboxylic acids is 2. The zero-order valence-corrected chi connectivity index (χ0v) is 16.4. The minimum absolute atomic E-state index is 0.0352. The topological polar surface area (TPSA) is 179 Å². The van der Waals surface area contributed by atoms with Crippen molar-refractivity contribution in [1.82, 2.24) is 15.5 Å². The van der Waals surface area contributed by atoms with E-state index < -0.39 is 53.8 Å². The Morgan fingerprint density at radius 1 is 1.21 bits per heavy atom. The smallest absolute Gasteiger partial charge is 0.325 e. The predicted octanol–water partition coefficient (Wildman–Crippen LogP) is -1.83. The Morgan fingerprint density at radius 2 is 1.86 bits per heavy atom. The summed E-state index contributed by atoms with van der Waals surface area (Å²) < 4.78 is 0. The number of thiol groups is 1. The molecule has 0 bridgehead atoms. The fraction of sp³-hybridized carbons (Fsp3) is 0.688. The molecule has 0 saturated carbocycles. The molecule has 12 heteroatoms. The van der Waals surface area contributed by atoms with Gasteiger partial charge in [-0.2, -0.15) is 12.6 Å². The van der Waals surface area contributed by atoms with E-state index >= 15 is 0 Å². The van der Waals surface area contributed by atoms with Crippen LogP contribution < -0.4 is 16.4 Å². The van der Waals surface area contributed by atoms with Crippen LogP contribution in [0.2, 0.25) is 0 Å². The number of nitrogens with two attached hydrogens (primary N) is 1. The molecule has 1 fully saturated rings. The predicted molar refractivity (Wildman–Crippen MR) is 101 cm³/mol. The number of hydrogen-bond donors (Lipinski definition) is 6. The number of amides is 3. The number of aliphatic carboxylic acids is 2. The molecule has 0 aliphatic carbocycles. The van der Waals surface area contributed by atoms with Gasteiger partial charge in [-0.3, -0.25) is 24.0 Å². The fourth-order valence-electron chi connectivity index (χ4n) is 2.76. The third-order valence-electron chi connectivity index (χ3n) is 4.36. The first-order valence-corrected chi connectivity index (χ1v) is 9.44. The summed E-state index contributed by atoms with van der Waals surface area (Å²) in [5, 5.41) is 22.6. The van der Waals surface area contributed by atoms with Gasteiger partial charge in [0.1, 0.15) is 18.1 Å². The molecule has 1 aliphatic heterocycles. The van der Waals surface area contributed by atoms with Gasteiger partial charge >= 0.3 is 11.9 Å². The van der Waals surface area contributed by atoms with Gasteiger partial charge in [0.15, 0.2) is 0 Å².